The summed E-state index contributed by atoms with van der Waals surface area (Å²) < 4.78 is 47.7. The van der Waals surface area contributed by atoms with E-state index in [-0.39, 0.29) is 35.0 Å². The second-order valence-corrected chi connectivity index (χ2v) is 8.21. The second-order valence-electron chi connectivity index (χ2n) is 8.21. The largest absolute Gasteiger partial charge is 0.491 e. The molecule has 1 aromatic carbocycles. The normalized spacial score (nSPS) is 19.7. The molecule has 0 aliphatic carbocycles. The Kier molecular flexibility index (Phi) is 5.77. The monoisotopic (exact) mass is 461 g/mol. The molecule has 2 atom stereocenters. The Balaban J connectivity index is 1.74. The molecule has 33 heavy (non-hydrogen) atoms. The molecule has 1 N–H and O–H groups in total. The lowest BCUT2D eigenvalue weighted by Gasteiger charge is -2.37. The van der Waals surface area contributed by atoms with E-state index < -0.39 is 40.9 Å². The van der Waals surface area contributed by atoms with Gasteiger partial charge < -0.3 is 19.5 Å². The lowest BCUT2D eigenvalue weighted by molar-refractivity contribution is 0.0613. The van der Waals surface area contributed by atoms with E-state index in [1.807, 2.05) is 6.92 Å². The topological polar surface area (TPSA) is 80.6 Å². The number of amides is 2. The number of pyridine rings is 1. The standard InChI is InChI=1S/C23H22F3N3O4/c1-11-4-5-12(2)28-10-18(11)29-9-15(20(30)21(33-3)19(29)23(28)32)22(31)27-8-14-16(25)6-13(24)7-17(14)26/h6-7,9,12,18H,1,4-5,8,10H2,2-3H3,(H,27,31)/t12-,18+/m0/s1. The molecule has 1 saturated heterocycles. The molecule has 2 bridgehead atoms. The van der Waals surface area contributed by atoms with Crippen molar-refractivity contribution >= 4 is 11.8 Å². The van der Waals surface area contributed by atoms with Crippen molar-refractivity contribution in [3.8, 4) is 5.75 Å². The molecule has 0 radical (unpaired) electrons. The van der Waals surface area contributed by atoms with Crippen LogP contribution in [-0.4, -0.2) is 41.0 Å². The molecule has 10 heteroatoms. The average molecular weight is 461 g/mol. The lowest BCUT2D eigenvalue weighted by Crippen LogP contribution is -2.48. The summed E-state index contributed by atoms with van der Waals surface area (Å²) in [5, 5.41) is 2.28. The SMILES string of the molecule is C=C1CC[C@H](C)N2C[C@H]1n1cc(C(=O)NCc3c(F)cc(F)cc3F)c(=O)c(OC)c1C2=O. The highest BCUT2D eigenvalue weighted by molar-refractivity contribution is 5.99. The Morgan fingerprint density at radius 2 is 1.91 bits per heavy atom. The molecule has 0 spiro atoms. The zero-order chi connectivity index (χ0) is 24.0. The highest BCUT2D eigenvalue weighted by Gasteiger charge is 2.40. The van der Waals surface area contributed by atoms with Gasteiger partial charge in [-0.3, -0.25) is 14.4 Å². The predicted octanol–water partition coefficient (Wildman–Crippen LogP) is 2.94. The number of fused-ring (bicyclic) bond motifs is 4. The van der Waals surface area contributed by atoms with Crippen molar-refractivity contribution in [2.75, 3.05) is 13.7 Å². The fourth-order valence-corrected chi connectivity index (χ4v) is 4.33. The van der Waals surface area contributed by atoms with Crippen LogP contribution in [0.3, 0.4) is 0 Å². The zero-order valence-electron chi connectivity index (χ0n) is 18.1. The first-order valence-electron chi connectivity index (χ1n) is 10.4. The molecule has 1 aromatic heterocycles. The van der Waals surface area contributed by atoms with Crippen LogP contribution >= 0.6 is 0 Å². The van der Waals surface area contributed by atoms with Crippen LogP contribution in [0.4, 0.5) is 13.2 Å². The van der Waals surface area contributed by atoms with Gasteiger partial charge >= 0.3 is 0 Å². The van der Waals surface area contributed by atoms with Gasteiger partial charge in [-0.1, -0.05) is 12.2 Å². The van der Waals surface area contributed by atoms with Crippen LogP contribution in [0.1, 0.15) is 52.2 Å². The predicted molar refractivity (Wildman–Crippen MR) is 113 cm³/mol. The van der Waals surface area contributed by atoms with Crippen molar-refractivity contribution in [1.29, 1.82) is 0 Å². The van der Waals surface area contributed by atoms with Crippen LogP contribution in [0.25, 0.3) is 0 Å². The molecule has 0 unspecified atom stereocenters. The number of methoxy groups -OCH3 is 1. The van der Waals surface area contributed by atoms with Gasteiger partial charge in [0.25, 0.3) is 11.8 Å². The van der Waals surface area contributed by atoms with E-state index in [1.54, 1.807) is 4.90 Å². The summed E-state index contributed by atoms with van der Waals surface area (Å²) >= 11 is 0. The number of hydrogen-bond donors (Lipinski definition) is 1. The number of carbonyl (C=O) groups excluding carboxylic acids is 2. The van der Waals surface area contributed by atoms with Crippen molar-refractivity contribution in [1.82, 2.24) is 14.8 Å². The highest BCUT2D eigenvalue weighted by Crippen LogP contribution is 2.36. The van der Waals surface area contributed by atoms with Crippen molar-refractivity contribution in [3.05, 3.63) is 75.0 Å². The van der Waals surface area contributed by atoms with Gasteiger partial charge in [-0.15, -0.1) is 0 Å². The van der Waals surface area contributed by atoms with Crippen LogP contribution in [0.5, 0.6) is 5.75 Å². The van der Waals surface area contributed by atoms with Crippen molar-refractivity contribution in [3.63, 3.8) is 0 Å². The summed E-state index contributed by atoms with van der Waals surface area (Å²) in [6.07, 6.45) is 2.63. The van der Waals surface area contributed by atoms with Gasteiger partial charge in [-0.2, -0.15) is 0 Å². The minimum atomic E-state index is -1.16. The molecule has 2 aromatic rings. The Labute approximate surface area is 187 Å². The molecular formula is C23H22F3N3O4. The maximum atomic E-state index is 13.9. The first kappa shape index (κ1) is 22.6. The van der Waals surface area contributed by atoms with Crippen LogP contribution in [-0.2, 0) is 6.54 Å². The van der Waals surface area contributed by atoms with Crippen LogP contribution in [0.2, 0.25) is 0 Å². The fraction of sp³-hybridized carbons (Fsp3) is 0.348. The van der Waals surface area contributed by atoms with Crippen LogP contribution < -0.4 is 15.5 Å². The van der Waals surface area contributed by atoms with Gasteiger partial charge in [0, 0.05) is 43.0 Å². The molecule has 174 valence electrons. The third kappa shape index (κ3) is 3.79. The first-order chi connectivity index (χ1) is 15.6. The number of halogens is 3. The maximum Gasteiger partial charge on any atom is 0.274 e. The fourth-order valence-electron chi connectivity index (χ4n) is 4.33. The second kappa shape index (κ2) is 8.42. The number of ether oxygens (including phenoxy) is 1. The smallest absolute Gasteiger partial charge is 0.274 e. The quantitative estimate of drug-likeness (QED) is 0.710. The van der Waals surface area contributed by atoms with Crippen LogP contribution in [0, 0.1) is 17.5 Å². The van der Waals surface area contributed by atoms with Gasteiger partial charge in [0.15, 0.2) is 11.4 Å². The maximum absolute atomic E-state index is 13.9. The third-order valence-corrected chi connectivity index (χ3v) is 6.23. The number of aromatic nitrogens is 1. The van der Waals surface area contributed by atoms with Gasteiger partial charge in [0.05, 0.1) is 13.2 Å². The summed E-state index contributed by atoms with van der Waals surface area (Å²) in [5.74, 6) is -5.01. The molecule has 3 heterocycles. The molecule has 2 aliphatic heterocycles. The molecule has 7 nitrogen and oxygen atoms in total. The van der Waals surface area contributed by atoms with Gasteiger partial charge in [0.2, 0.25) is 5.43 Å². The van der Waals surface area contributed by atoms with Crippen molar-refractivity contribution in [2.45, 2.75) is 38.4 Å². The average Bonchev–Trinajstić information content (AvgIpc) is 2.88. The molecule has 2 aliphatic rings. The van der Waals surface area contributed by atoms with Gasteiger partial charge in [0.1, 0.15) is 23.0 Å². The Morgan fingerprint density at radius 3 is 2.55 bits per heavy atom. The zero-order valence-corrected chi connectivity index (χ0v) is 18.1. The van der Waals surface area contributed by atoms with Gasteiger partial charge in [-0.25, -0.2) is 13.2 Å². The van der Waals surface area contributed by atoms with E-state index in [0.29, 0.717) is 31.5 Å². The summed E-state index contributed by atoms with van der Waals surface area (Å²) in [4.78, 5) is 40.7. The van der Waals surface area contributed by atoms with Crippen molar-refractivity contribution in [2.24, 2.45) is 0 Å². The minimum Gasteiger partial charge on any atom is -0.491 e. The summed E-state index contributed by atoms with van der Waals surface area (Å²) in [5.41, 5.74) is -0.865. The molecule has 1 fully saturated rings. The number of benzene rings is 1. The minimum absolute atomic E-state index is 0.0285. The number of nitrogens with zero attached hydrogens (tertiary/aromatic N) is 2. The summed E-state index contributed by atoms with van der Waals surface area (Å²) in [7, 11) is 1.22. The van der Waals surface area contributed by atoms with E-state index in [9.17, 15) is 27.6 Å². The molecular weight excluding hydrogens is 439 g/mol. The number of hydrogen-bond acceptors (Lipinski definition) is 4. The van der Waals surface area contributed by atoms with E-state index in [4.69, 9.17) is 4.74 Å². The summed E-state index contributed by atoms with van der Waals surface area (Å²) in [6, 6.07) is 0.571. The Hall–Kier alpha value is -3.56. The Bertz CT molecular complexity index is 1220. The number of rotatable bonds is 4. The van der Waals surface area contributed by atoms with Crippen LogP contribution in [0.15, 0.2) is 35.3 Å². The molecule has 2 amide bonds. The number of carbonyl (C=O) groups is 2. The van der Waals surface area contributed by atoms with E-state index in [0.717, 1.165) is 5.57 Å². The first-order valence-corrected chi connectivity index (χ1v) is 10.4. The van der Waals surface area contributed by atoms with E-state index in [2.05, 4.69) is 11.9 Å². The van der Waals surface area contributed by atoms with E-state index >= 15 is 0 Å². The van der Waals surface area contributed by atoms with E-state index in [1.165, 1.54) is 17.9 Å². The highest BCUT2D eigenvalue weighted by atomic mass is 19.1. The lowest BCUT2D eigenvalue weighted by atomic mass is 10.0. The number of nitrogens with one attached hydrogen (secondary N) is 1. The molecule has 0 saturated carbocycles. The van der Waals surface area contributed by atoms with Gasteiger partial charge in [-0.05, 0) is 19.8 Å². The van der Waals surface area contributed by atoms with Crippen molar-refractivity contribution < 1.29 is 27.5 Å². The Morgan fingerprint density at radius 1 is 1.24 bits per heavy atom. The third-order valence-electron chi connectivity index (χ3n) is 6.23. The summed E-state index contributed by atoms with van der Waals surface area (Å²) in [6.45, 7) is 5.76. The molecule has 4 rings (SSSR count).